The molecule has 1 aliphatic carbocycles. The minimum absolute atomic E-state index is 0.401. The standard InChI is InChI=1S/C17H17ClN4O2S/c18-11-2-4-13(5-3-11)23-9-15-20-12(10-25-15)8-14-21-16(22-24-14)17(19)6-1-7-17/h2-5,10H,1,6-9,19H2. The van der Waals surface area contributed by atoms with Gasteiger partial charge in [-0.05, 0) is 43.5 Å². The van der Waals surface area contributed by atoms with Crippen molar-refractivity contribution in [2.24, 2.45) is 5.73 Å². The van der Waals surface area contributed by atoms with Gasteiger partial charge >= 0.3 is 0 Å². The Morgan fingerprint density at radius 1 is 1.24 bits per heavy atom. The van der Waals surface area contributed by atoms with Crippen molar-refractivity contribution in [2.75, 3.05) is 0 Å². The molecular weight excluding hydrogens is 360 g/mol. The second-order valence-corrected chi connectivity index (χ2v) is 7.55. The zero-order valence-electron chi connectivity index (χ0n) is 13.4. The molecule has 2 heterocycles. The molecule has 0 unspecified atom stereocenters. The first kappa shape index (κ1) is 16.5. The van der Waals surface area contributed by atoms with Crippen molar-refractivity contribution in [1.29, 1.82) is 0 Å². The van der Waals surface area contributed by atoms with Gasteiger partial charge in [0, 0.05) is 10.4 Å². The average molecular weight is 377 g/mol. The number of aromatic nitrogens is 3. The highest BCUT2D eigenvalue weighted by Crippen LogP contribution is 2.37. The largest absolute Gasteiger partial charge is 0.486 e. The third-order valence-electron chi connectivity index (χ3n) is 4.27. The van der Waals surface area contributed by atoms with Crippen LogP contribution in [0.15, 0.2) is 34.2 Å². The molecule has 4 rings (SSSR count). The third kappa shape index (κ3) is 3.68. The molecule has 1 saturated carbocycles. The molecule has 2 aromatic heterocycles. The van der Waals surface area contributed by atoms with Crippen LogP contribution in [0.25, 0.3) is 0 Å². The molecule has 25 heavy (non-hydrogen) atoms. The Hall–Kier alpha value is -1.96. The SMILES string of the molecule is NC1(c2noc(Cc3csc(COc4ccc(Cl)cc4)n3)n2)CCC1. The molecule has 0 bridgehead atoms. The van der Waals surface area contributed by atoms with E-state index >= 15 is 0 Å². The first-order chi connectivity index (χ1) is 12.1. The second-order valence-electron chi connectivity index (χ2n) is 6.17. The van der Waals surface area contributed by atoms with Gasteiger partial charge in [0.15, 0.2) is 5.82 Å². The van der Waals surface area contributed by atoms with Gasteiger partial charge in [-0.1, -0.05) is 16.8 Å². The number of nitrogens with zero attached hydrogens (tertiary/aromatic N) is 3. The molecule has 0 atom stereocenters. The van der Waals surface area contributed by atoms with E-state index in [1.807, 2.05) is 17.5 Å². The number of rotatable bonds is 6. The van der Waals surface area contributed by atoms with Crippen molar-refractivity contribution in [2.45, 2.75) is 37.8 Å². The maximum atomic E-state index is 6.22. The van der Waals surface area contributed by atoms with Crippen LogP contribution in [0.2, 0.25) is 5.02 Å². The summed E-state index contributed by atoms with van der Waals surface area (Å²) in [6.45, 7) is 0.410. The Morgan fingerprint density at radius 2 is 2.04 bits per heavy atom. The fraction of sp³-hybridized carbons (Fsp3) is 0.353. The van der Waals surface area contributed by atoms with E-state index in [0.717, 1.165) is 35.7 Å². The minimum Gasteiger partial charge on any atom is -0.486 e. The zero-order valence-corrected chi connectivity index (χ0v) is 15.0. The van der Waals surface area contributed by atoms with Crippen LogP contribution in [0.4, 0.5) is 0 Å². The van der Waals surface area contributed by atoms with Crippen LogP contribution in [0, 0.1) is 0 Å². The lowest BCUT2D eigenvalue weighted by Crippen LogP contribution is -2.44. The summed E-state index contributed by atoms with van der Waals surface area (Å²) >= 11 is 7.40. The lowest BCUT2D eigenvalue weighted by molar-refractivity contribution is 0.229. The van der Waals surface area contributed by atoms with E-state index in [1.54, 1.807) is 23.5 Å². The Bertz CT molecular complexity index is 858. The van der Waals surface area contributed by atoms with Crippen LogP contribution in [0.1, 0.15) is 41.7 Å². The van der Waals surface area contributed by atoms with E-state index in [9.17, 15) is 0 Å². The van der Waals surface area contributed by atoms with Gasteiger partial charge in [0.1, 0.15) is 17.4 Å². The van der Waals surface area contributed by atoms with Gasteiger partial charge in [-0.25, -0.2) is 4.98 Å². The zero-order chi connectivity index (χ0) is 17.3. The van der Waals surface area contributed by atoms with E-state index in [-0.39, 0.29) is 0 Å². The number of halogens is 1. The molecule has 130 valence electrons. The number of thiazole rings is 1. The highest BCUT2D eigenvalue weighted by molar-refractivity contribution is 7.09. The molecule has 0 spiro atoms. The summed E-state index contributed by atoms with van der Waals surface area (Å²) in [4.78, 5) is 8.98. The summed E-state index contributed by atoms with van der Waals surface area (Å²) in [7, 11) is 0. The molecule has 0 saturated heterocycles. The van der Waals surface area contributed by atoms with Gasteiger partial charge < -0.3 is 15.0 Å². The van der Waals surface area contributed by atoms with Crippen molar-refractivity contribution in [3.8, 4) is 5.75 Å². The summed E-state index contributed by atoms with van der Waals surface area (Å²) in [5.41, 5.74) is 6.70. The number of benzene rings is 1. The van der Waals surface area contributed by atoms with Gasteiger partial charge in [-0.2, -0.15) is 4.98 Å². The molecule has 1 aromatic carbocycles. The van der Waals surface area contributed by atoms with Crippen molar-refractivity contribution in [3.05, 3.63) is 57.1 Å². The predicted octanol–water partition coefficient (Wildman–Crippen LogP) is 3.69. The van der Waals surface area contributed by atoms with Crippen molar-refractivity contribution in [1.82, 2.24) is 15.1 Å². The molecule has 8 heteroatoms. The lowest BCUT2D eigenvalue weighted by atomic mass is 9.77. The smallest absolute Gasteiger partial charge is 0.232 e. The molecule has 1 fully saturated rings. The summed E-state index contributed by atoms with van der Waals surface area (Å²) in [6.07, 6.45) is 3.44. The first-order valence-corrected chi connectivity index (χ1v) is 9.30. The predicted molar refractivity (Wildman–Crippen MR) is 94.7 cm³/mol. The Labute approximate surface area is 154 Å². The Balaban J connectivity index is 1.36. The van der Waals surface area contributed by atoms with Gasteiger partial charge in [-0.15, -0.1) is 11.3 Å². The number of hydrogen-bond donors (Lipinski definition) is 1. The highest BCUT2D eigenvalue weighted by atomic mass is 35.5. The molecule has 3 aromatic rings. The van der Waals surface area contributed by atoms with Crippen LogP contribution in [0.3, 0.4) is 0 Å². The highest BCUT2D eigenvalue weighted by Gasteiger charge is 2.38. The van der Waals surface area contributed by atoms with Gasteiger partial charge in [0.05, 0.1) is 17.7 Å². The van der Waals surface area contributed by atoms with Gasteiger partial charge in [-0.3, -0.25) is 0 Å². The number of ether oxygens (including phenoxy) is 1. The topological polar surface area (TPSA) is 87.1 Å². The molecule has 0 amide bonds. The first-order valence-electron chi connectivity index (χ1n) is 8.04. The fourth-order valence-corrected chi connectivity index (χ4v) is 3.47. The second kappa shape index (κ2) is 6.74. The van der Waals surface area contributed by atoms with Crippen LogP contribution in [0.5, 0.6) is 5.75 Å². The maximum Gasteiger partial charge on any atom is 0.232 e. The van der Waals surface area contributed by atoms with Crippen LogP contribution >= 0.6 is 22.9 Å². The minimum atomic E-state index is -0.401. The number of hydrogen-bond acceptors (Lipinski definition) is 7. The average Bonchev–Trinajstić information content (AvgIpc) is 3.22. The van der Waals surface area contributed by atoms with E-state index < -0.39 is 5.54 Å². The quantitative estimate of drug-likeness (QED) is 0.706. The van der Waals surface area contributed by atoms with Crippen LogP contribution in [-0.2, 0) is 18.6 Å². The van der Waals surface area contributed by atoms with Gasteiger partial charge in [0.25, 0.3) is 0 Å². The van der Waals surface area contributed by atoms with Crippen molar-refractivity contribution < 1.29 is 9.26 Å². The summed E-state index contributed by atoms with van der Waals surface area (Å²) in [5.74, 6) is 1.91. The molecule has 0 radical (unpaired) electrons. The Kier molecular flexibility index (Phi) is 4.45. The molecule has 6 nitrogen and oxygen atoms in total. The van der Waals surface area contributed by atoms with Crippen LogP contribution in [-0.4, -0.2) is 15.1 Å². The molecule has 1 aliphatic rings. The fourth-order valence-electron chi connectivity index (χ4n) is 2.64. The normalized spacial score (nSPS) is 15.8. The van der Waals surface area contributed by atoms with E-state index in [0.29, 0.717) is 29.8 Å². The molecule has 2 N–H and O–H groups in total. The van der Waals surface area contributed by atoms with Crippen molar-refractivity contribution >= 4 is 22.9 Å². The van der Waals surface area contributed by atoms with E-state index in [1.165, 1.54) is 0 Å². The monoisotopic (exact) mass is 376 g/mol. The molecule has 0 aliphatic heterocycles. The summed E-state index contributed by atoms with van der Waals surface area (Å²) in [5, 5.41) is 7.58. The van der Waals surface area contributed by atoms with Crippen molar-refractivity contribution in [3.63, 3.8) is 0 Å². The summed E-state index contributed by atoms with van der Waals surface area (Å²) in [6, 6.07) is 7.26. The van der Waals surface area contributed by atoms with E-state index in [2.05, 4.69) is 15.1 Å². The van der Waals surface area contributed by atoms with E-state index in [4.69, 9.17) is 26.6 Å². The lowest BCUT2D eigenvalue weighted by Gasteiger charge is -2.34. The van der Waals surface area contributed by atoms with Gasteiger partial charge in [0.2, 0.25) is 5.89 Å². The maximum absolute atomic E-state index is 6.22. The van der Waals surface area contributed by atoms with Crippen LogP contribution < -0.4 is 10.5 Å². The third-order valence-corrected chi connectivity index (χ3v) is 5.39. The summed E-state index contributed by atoms with van der Waals surface area (Å²) < 4.78 is 11.0. The number of nitrogens with two attached hydrogens (primary N) is 1. The molecular formula is C17H17ClN4O2S. The Morgan fingerprint density at radius 3 is 2.76 bits per heavy atom.